The molecule has 1 N–H and O–H groups in total. The molecule has 25 heavy (non-hydrogen) atoms. The molecule has 2 rings (SSSR count). The van der Waals surface area contributed by atoms with Crippen LogP contribution in [0.4, 0.5) is 5.69 Å². The highest BCUT2D eigenvalue weighted by Crippen LogP contribution is 2.11. The van der Waals surface area contributed by atoms with Gasteiger partial charge in [-0.25, -0.2) is 8.42 Å². The Morgan fingerprint density at radius 3 is 2.16 bits per heavy atom. The minimum Gasteiger partial charge on any atom is -0.455 e. The largest absolute Gasteiger partial charge is 0.455 e. The van der Waals surface area contributed by atoms with E-state index in [-0.39, 0.29) is 4.90 Å². The predicted octanol–water partition coefficient (Wildman–Crippen LogP) is 1.17. The van der Waals surface area contributed by atoms with E-state index in [9.17, 15) is 18.0 Å². The Hall–Kier alpha value is -2.71. The first-order chi connectivity index (χ1) is 11.9. The zero-order chi connectivity index (χ0) is 18.3. The van der Waals surface area contributed by atoms with Gasteiger partial charge in [0.25, 0.3) is 5.91 Å². The van der Waals surface area contributed by atoms with Crippen LogP contribution in [0.5, 0.6) is 0 Å². The van der Waals surface area contributed by atoms with E-state index in [0.29, 0.717) is 5.69 Å². The van der Waals surface area contributed by atoms with E-state index in [4.69, 9.17) is 4.74 Å². The van der Waals surface area contributed by atoms with Crippen LogP contribution in [-0.2, 0) is 24.3 Å². The quantitative estimate of drug-likeness (QED) is 0.747. The molecule has 0 spiro atoms. The van der Waals surface area contributed by atoms with Crippen LogP contribution < -0.4 is 9.62 Å². The van der Waals surface area contributed by atoms with Crippen LogP contribution >= 0.6 is 0 Å². The van der Waals surface area contributed by atoms with Gasteiger partial charge in [0.1, 0.15) is 6.54 Å². The summed E-state index contributed by atoms with van der Waals surface area (Å²) in [5.41, 5.74) is 0.660. The molecule has 0 atom stereocenters. The SMILES string of the molecule is CN(C(=O)COC(=O)CNS(=O)(=O)c1ccccc1)c1ccccc1. The number of nitrogens with one attached hydrogen (secondary N) is 1. The van der Waals surface area contributed by atoms with E-state index >= 15 is 0 Å². The number of carbonyl (C=O) groups excluding carboxylic acids is 2. The standard InChI is InChI=1S/C17H18N2O5S/c1-19(14-8-4-2-5-9-14)16(20)13-24-17(21)12-18-25(22,23)15-10-6-3-7-11-15/h2-11,18H,12-13H2,1H3. The molecule has 0 aliphatic rings. The van der Waals surface area contributed by atoms with Crippen molar-refractivity contribution < 1.29 is 22.7 Å². The number of hydrogen-bond acceptors (Lipinski definition) is 5. The van der Waals surface area contributed by atoms with E-state index in [1.165, 1.54) is 17.0 Å². The maximum Gasteiger partial charge on any atom is 0.321 e. The molecule has 2 aromatic carbocycles. The second kappa shape index (κ2) is 8.41. The molecule has 0 heterocycles. The maximum absolute atomic E-state index is 12.0. The minimum absolute atomic E-state index is 0.0442. The van der Waals surface area contributed by atoms with E-state index in [0.717, 1.165) is 0 Å². The van der Waals surface area contributed by atoms with Gasteiger partial charge < -0.3 is 9.64 Å². The second-order valence-corrected chi connectivity index (χ2v) is 6.85. The van der Waals surface area contributed by atoms with Gasteiger partial charge in [-0.1, -0.05) is 36.4 Å². The summed E-state index contributed by atoms with van der Waals surface area (Å²) in [5.74, 6) is -1.26. The lowest BCUT2D eigenvalue weighted by Crippen LogP contribution is -2.34. The lowest BCUT2D eigenvalue weighted by atomic mass is 10.3. The highest BCUT2D eigenvalue weighted by molar-refractivity contribution is 7.89. The Morgan fingerprint density at radius 1 is 1.00 bits per heavy atom. The number of amides is 1. The number of nitrogens with zero attached hydrogens (tertiary/aromatic N) is 1. The van der Waals surface area contributed by atoms with Gasteiger partial charge in [-0.05, 0) is 24.3 Å². The monoisotopic (exact) mass is 362 g/mol. The maximum atomic E-state index is 12.0. The van der Waals surface area contributed by atoms with Crippen molar-refractivity contribution >= 4 is 27.6 Å². The Morgan fingerprint density at radius 2 is 1.56 bits per heavy atom. The number of hydrogen-bond donors (Lipinski definition) is 1. The summed E-state index contributed by atoms with van der Waals surface area (Å²) in [6, 6.07) is 16.5. The molecule has 0 radical (unpaired) electrons. The Balaban J connectivity index is 1.82. The zero-order valence-corrected chi connectivity index (χ0v) is 14.4. The van der Waals surface area contributed by atoms with Crippen LogP contribution in [0.1, 0.15) is 0 Å². The van der Waals surface area contributed by atoms with Crippen LogP contribution in [0.25, 0.3) is 0 Å². The third-order valence-electron chi connectivity index (χ3n) is 3.33. The van der Waals surface area contributed by atoms with Crippen molar-refractivity contribution in [1.29, 1.82) is 0 Å². The van der Waals surface area contributed by atoms with Gasteiger partial charge in [0.05, 0.1) is 4.90 Å². The zero-order valence-electron chi connectivity index (χ0n) is 13.6. The van der Waals surface area contributed by atoms with Gasteiger partial charge in [0.2, 0.25) is 10.0 Å². The molecule has 0 saturated heterocycles. The molecule has 0 unspecified atom stereocenters. The van der Waals surface area contributed by atoms with Crippen LogP contribution in [0.2, 0.25) is 0 Å². The predicted molar refractivity (Wildman–Crippen MR) is 92.4 cm³/mol. The molecule has 0 aromatic heterocycles. The number of rotatable bonds is 7. The van der Waals surface area contributed by atoms with Crippen LogP contribution in [0, 0.1) is 0 Å². The molecule has 0 saturated carbocycles. The minimum atomic E-state index is -3.80. The van der Waals surface area contributed by atoms with Gasteiger partial charge in [-0.2, -0.15) is 4.72 Å². The van der Waals surface area contributed by atoms with E-state index in [1.807, 2.05) is 6.07 Å². The van der Waals surface area contributed by atoms with Crippen molar-refractivity contribution in [2.45, 2.75) is 4.90 Å². The fourth-order valence-electron chi connectivity index (χ4n) is 1.92. The van der Waals surface area contributed by atoms with Crippen molar-refractivity contribution in [2.75, 3.05) is 25.1 Å². The molecular formula is C17H18N2O5S. The number of anilines is 1. The number of esters is 1. The third kappa shape index (κ3) is 5.40. The Labute approximate surface area is 146 Å². The average molecular weight is 362 g/mol. The van der Waals surface area contributed by atoms with Gasteiger partial charge in [-0.15, -0.1) is 0 Å². The molecule has 7 nitrogen and oxygen atoms in total. The first-order valence-electron chi connectivity index (χ1n) is 7.42. The van der Waals surface area contributed by atoms with Gasteiger partial charge in [0.15, 0.2) is 6.61 Å². The summed E-state index contributed by atoms with van der Waals surface area (Å²) in [6.07, 6.45) is 0. The number of para-hydroxylation sites is 1. The summed E-state index contributed by atoms with van der Waals surface area (Å²) in [4.78, 5) is 25.0. The molecule has 0 bridgehead atoms. The van der Waals surface area contributed by atoms with Gasteiger partial charge in [-0.3, -0.25) is 9.59 Å². The molecule has 0 fully saturated rings. The topological polar surface area (TPSA) is 92.8 Å². The molecule has 2 aromatic rings. The van der Waals surface area contributed by atoms with Crippen LogP contribution in [0.15, 0.2) is 65.6 Å². The summed E-state index contributed by atoms with van der Waals surface area (Å²) in [5, 5.41) is 0. The normalized spacial score (nSPS) is 10.9. The van der Waals surface area contributed by atoms with E-state index in [2.05, 4.69) is 4.72 Å². The Kier molecular flexibility index (Phi) is 6.26. The molecule has 8 heteroatoms. The highest BCUT2D eigenvalue weighted by Gasteiger charge is 2.17. The first kappa shape index (κ1) is 18.6. The summed E-state index contributed by atoms with van der Waals surface area (Å²) in [6.45, 7) is -1.03. The fraction of sp³-hybridized carbons (Fsp3) is 0.176. The van der Waals surface area contributed by atoms with Crippen LogP contribution in [0.3, 0.4) is 0 Å². The highest BCUT2D eigenvalue weighted by atomic mass is 32.2. The number of sulfonamides is 1. The average Bonchev–Trinajstić information content (AvgIpc) is 2.65. The summed E-state index contributed by atoms with van der Waals surface area (Å²) >= 11 is 0. The molecule has 1 amide bonds. The number of ether oxygens (including phenoxy) is 1. The number of benzene rings is 2. The van der Waals surface area contributed by atoms with Crippen molar-refractivity contribution in [3.8, 4) is 0 Å². The summed E-state index contributed by atoms with van der Waals surface area (Å²) in [7, 11) is -2.24. The van der Waals surface area contributed by atoms with E-state index in [1.54, 1.807) is 49.5 Å². The molecular weight excluding hydrogens is 344 g/mol. The first-order valence-corrected chi connectivity index (χ1v) is 8.90. The van der Waals surface area contributed by atoms with Gasteiger partial charge >= 0.3 is 5.97 Å². The molecule has 0 aliphatic heterocycles. The van der Waals surface area contributed by atoms with Crippen molar-refractivity contribution in [3.05, 3.63) is 60.7 Å². The second-order valence-electron chi connectivity index (χ2n) is 5.09. The smallest absolute Gasteiger partial charge is 0.321 e. The third-order valence-corrected chi connectivity index (χ3v) is 4.75. The van der Waals surface area contributed by atoms with Crippen LogP contribution in [-0.4, -0.2) is 40.5 Å². The lowest BCUT2D eigenvalue weighted by molar-refractivity contribution is -0.146. The van der Waals surface area contributed by atoms with E-state index < -0.39 is 35.1 Å². The number of carbonyl (C=O) groups is 2. The van der Waals surface area contributed by atoms with Gasteiger partial charge in [0, 0.05) is 12.7 Å². The molecule has 132 valence electrons. The fourth-order valence-corrected chi connectivity index (χ4v) is 2.91. The Bertz CT molecular complexity index is 823. The van der Waals surface area contributed by atoms with Crippen molar-refractivity contribution in [2.24, 2.45) is 0 Å². The van der Waals surface area contributed by atoms with Crippen molar-refractivity contribution in [3.63, 3.8) is 0 Å². The van der Waals surface area contributed by atoms with Crippen molar-refractivity contribution in [1.82, 2.24) is 4.72 Å². The summed E-state index contributed by atoms with van der Waals surface area (Å²) < 4.78 is 30.9. The lowest BCUT2D eigenvalue weighted by Gasteiger charge is -2.17. The molecule has 0 aliphatic carbocycles. The number of likely N-dealkylation sites (N-methyl/N-ethyl adjacent to an activating group) is 1.